The molecule has 6 N–H and O–H groups in total. The molecule has 3 saturated heterocycles. The Kier molecular flexibility index (Phi) is 13.5. The molecular weight excluding hydrogens is 1220 g/mol. The van der Waals surface area contributed by atoms with Crippen LogP contribution in [-0.4, -0.2) is 160 Å². The van der Waals surface area contributed by atoms with Gasteiger partial charge in [0.1, 0.15) is 41.2 Å². The van der Waals surface area contributed by atoms with Crippen LogP contribution in [-0.2, 0) is 49.7 Å². The van der Waals surface area contributed by atoms with E-state index in [4.69, 9.17) is 39.7 Å². The Balaban J connectivity index is 0.000000110. The largest absolute Gasteiger partial charge is 0.504 e. The number of aliphatic hydroxyl groups is 3. The Bertz CT molecular complexity index is 3840. The first-order valence-corrected chi connectivity index (χ1v) is 37.5. The maximum Gasteiger partial charge on any atom is 0.165 e. The molecule has 13 fully saturated rings. The first-order valence-electron chi connectivity index (χ1n) is 37.5. The standard InChI is InChI=1S/C29H41NO4.C27H36N2O4.C25H35NO4/c1-25(2,3)26(4,32)20-15-27-10-11-29(20,33-5)24-28(27)12-13-30(16-17-6-7-17)21(27)14-18-8-9-19(31)23(34-24)22(18)28;1-23(2,3)24(4,30)18-15-25-10-11-27(18,32-7)22-26(25)12-13-29(28-5)19(25)14-16-8-9-17(31-6)21(33-22)20(16)26;1-21(2,3)22(4,28)16-13-23-8-9-25(16,29-5)20-24(23)10-11-26-17(23)12-14-6-7-15(27)19(30-20)18(14)24/h8-9,17,20-21,24,31-32H,6-7,10-16H2,1-5H3;8-9,18-19,22,30H,10-15H2,1-4,6-7H3;6-7,16-17,20,26-28H,8-13H2,1-5H3/t20-,21?,24-,26+,27-,28?,29-;18-,19?,22-,24+,25-,26?,27-;16-,17?,20-,22+,23-,24?,25-/m111/s1. The highest BCUT2D eigenvalue weighted by molar-refractivity contribution is 5.67. The van der Waals surface area contributed by atoms with Gasteiger partial charge in [-0.2, -0.15) is 11.5 Å². The second-order valence-corrected chi connectivity index (χ2v) is 37.9. The van der Waals surface area contributed by atoms with Gasteiger partial charge >= 0.3 is 0 Å². The van der Waals surface area contributed by atoms with Gasteiger partial charge < -0.3 is 64.0 Å². The number of rotatable bonds is 9. The van der Waals surface area contributed by atoms with E-state index in [1.807, 2.05) is 45.0 Å². The van der Waals surface area contributed by atoms with E-state index in [9.17, 15) is 25.5 Å². The zero-order valence-corrected chi connectivity index (χ0v) is 61.0. The number of fused-ring (bicyclic) bond motifs is 6. The first-order chi connectivity index (χ1) is 45.6. The summed E-state index contributed by atoms with van der Waals surface area (Å²) in [4.78, 5) is 6.83. The number of nitrogens with one attached hydrogen (secondary N) is 1. The Hall–Kier alpha value is -4.57. The third-order valence-corrected chi connectivity index (χ3v) is 33.1. The van der Waals surface area contributed by atoms with Crippen molar-refractivity contribution in [2.45, 2.75) is 279 Å². The minimum absolute atomic E-state index is 0.0160. The van der Waals surface area contributed by atoms with Crippen molar-refractivity contribution in [3.63, 3.8) is 0 Å². The van der Waals surface area contributed by atoms with E-state index in [2.05, 4.69) is 95.7 Å². The molecule has 21 atom stereocenters. The quantitative estimate of drug-likeness (QED) is 0.111. The van der Waals surface area contributed by atoms with Gasteiger partial charge in [-0.3, -0.25) is 4.90 Å². The maximum atomic E-state index is 12.2. The summed E-state index contributed by atoms with van der Waals surface area (Å²) in [7, 11) is 7.14. The molecule has 6 unspecified atom stereocenters. The van der Waals surface area contributed by atoms with Crippen molar-refractivity contribution in [3.8, 4) is 34.5 Å². The molecule has 22 rings (SSSR count). The fourth-order valence-corrected chi connectivity index (χ4v) is 27.0. The van der Waals surface area contributed by atoms with E-state index in [0.717, 1.165) is 133 Å². The molecule has 528 valence electrons. The number of phenolic OH excluding ortho intramolecular Hbond substituents is 2. The second kappa shape index (κ2) is 20.0. The predicted molar refractivity (Wildman–Crippen MR) is 368 cm³/mol. The van der Waals surface area contributed by atoms with Gasteiger partial charge in [0, 0.05) is 113 Å². The zero-order chi connectivity index (χ0) is 68.8. The minimum atomic E-state index is -0.961. The van der Waals surface area contributed by atoms with Gasteiger partial charge in [-0.1, -0.05) is 80.5 Å². The Morgan fingerprint density at radius 2 is 0.928 bits per heavy atom. The summed E-state index contributed by atoms with van der Waals surface area (Å²) in [6.07, 6.45) is 16.5. The van der Waals surface area contributed by atoms with Gasteiger partial charge in [0.2, 0.25) is 0 Å². The number of hydrogen-bond acceptors (Lipinski definition) is 15. The Morgan fingerprint density at radius 3 is 1.39 bits per heavy atom. The topological polar surface area (TPSA) is 189 Å². The number of likely N-dealkylation sites (tertiary alicyclic amines) is 1. The highest BCUT2D eigenvalue weighted by Gasteiger charge is 2.86. The number of piperidine rings is 3. The summed E-state index contributed by atoms with van der Waals surface area (Å²) in [5, 5.41) is 63.9. The fourth-order valence-electron chi connectivity index (χ4n) is 27.0. The third-order valence-electron chi connectivity index (χ3n) is 33.1. The molecular formula is C81H112N4O12. The normalized spacial score (nSPS) is 43.4. The lowest BCUT2D eigenvalue weighted by Gasteiger charge is -2.75. The molecule has 3 aromatic carbocycles. The molecule has 10 saturated carbocycles. The van der Waals surface area contributed by atoms with E-state index in [1.165, 1.54) is 52.8 Å². The van der Waals surface area contributed by atoms with Crippen LogP contribution in [0.3, 0.4) is 0 Å². The van der Waals surface area contributed by atoms with Crippen molar-refractivity contribution in [1.29, 1.82) is 0 Å². The van der Waals surface area contributed by atoms with E-state index >= 15 is 0 Å². The summed E-state index contributed by atoms with van der Waals surface area (Å²) in [5.74, 6) is 4.24. The number of phenols is 2. The lowest BCUT2D eigenvalue weighted by atomic mass is 9.33. The lowest BCUT2D eigenvalue weighted by molar-refractivity contribution is -0.312. The third kappa shape index (κ3) is 7.35. The molecule has 12 bridgehead atoms. The predicted octanol–water partition coefficient (Wildman–Crippen LogP) is 11.8. The fraction of sp³-hybridized carbons (Fsp3) is 0.765. The molecule has 16 heteroatoms. The number of methoxy groups -OCH3 is 4. The van der Waals surface area contributed by atoms with Crippen LogP contribution >= 0.6 is 0 Å². The van der Waals surface area contributed by atoms with Gasteiger partial charge in [0.25, 0.3) is 0 Å². The maximum absolute atomic E-state index is 12.2. The molecule has 0 radical (unpaired) electrons. The van der Waals surface area contributed by atoms with Gasteiger partial charge in [0.05, 0.1) is 30.5 Å². The van der Waals surface area contributed by atoms with Crippen molar-refractivity contribution in [2.75, 3.05) is 54.6 Å². The summed E-state index contributed by atoms with van der Waals surface area (Å²) < 4.78 is 45.9. The molecule has 3 aromatic rings. The van der Waals surface area contributed by atoms with Gasteiger partial charge in [-0.25, -0.2) is 0 Å². The van der Waals surface area contributed by atoms with E-state index in [-0.39, 0.29) is 102 Å². The number of benzene rings is 3. The second-order valence-electron chi connectivity index (χ2n) is 37.9. The average Bonchev–Trinajstić information content (AvgIpc) is 1.60. The number of ether oxygens (including phenoxy) is 7. The van der Waals surface area contributed by atoms with Crippen molar-refractivity contribution in [1.82, 2.24) is 15.2 Å². The summed E-state index contributed by atoms with van der Waals surface area (Å²) in [6, 6.07) is 13.0. The van der Waals surface area contributed by atoms with E-state index in [0.29, 0.717) is 23.6 Å². The molecule has 0 aromatic heterocycles. The molecule has 19 aliphatic rings. The van der Waals surface area contributed by atoms with Crippen LogP contribution in [0.4, 0.5) is 0 Å². The molecule has 97 heavy (non-hydrogen) atoms. The molecule has 6 aliphatic heterocycles. The molecule has 0 amide bonds. The molecule has 6 heterocycles. The van der Waals surface area contributed by atoms with Crippen molar-refractivity contribution in [2.24, 2.45) is 56.2 Å². The smallest absolute Gasteiger partial charge is 0.165 e. The molecule has 6 spiro atoms. The Morgan fingerprint density at radius 1 is 0.515 bits per heavy atom. The SMILES string of the molecule is CO[C@]12CC[C@@]3(C[C@@H]1[C@](C)(O)C(C)(C)C)C1Cc4ccc(O)c5c4C3(CCN1)[C@H]2O5.CO[C@]12CC[C@@]3(C[C@@H]1[C@](C)(O)C(C)(C)C)C1Cc4ccc(O)c5c4C3(CCN1CC1CC1)[C@H]2O5.[C-]#[N+]N1CCC23c4c5ccc(OC)c4O[C@H]2[C@@]2(OC)CC[C@@]3(C[C@@H]2[C@](C)(O)C(C)(C)C)C1C5. The highest BCUT2D eigenvalue weighted by atomic mass is 16.6. The van der Waals surface area contributed by atoms with Crippen LogP contribution in [0.5, 0.6) is 34.5 Å². The minimum Gasteiger partial charge on any atom is -0.504 e. The Labute approximate surface area is 576 Å². The number of aromatic hydroxyl groups is 2. The van der Waals surface area contributed by atoms with Crippen LogP contribution in [0.15, 0.2) is 36.4 Å². The van der Waals surface area contributed by atoms with Gasteiger partial charge in [0.15, 0.2) is 34.5 Å². The first kappa shape index (κ1) is 65.7. The summed E-state index contributed by atoms with van der Waals surface area (Å²) in [5.41, 5.74) is 1.80. The van der Waals surface area contributed by atoms with Gasteiger partial charge in [-0.05, 0) is 194 Å². The van der Waals surface area contributed by atoms with Crippen molar-refractivity contribution in [3.05, 3.63) is 81.3 Å². The molecule has 16 nitrogen and oxygen atoms in total. The van der Waals surface area contributed by atoms with Crippen LogP contribution in [0, 0.1) is 62.7 Å². The van der Waals surface area contributed by atoms with E-state index < -0.39 is 33.6 Å². The van der Waals surface area contributed by atoms with Gasteiger partial charge in [-0.15, -0.1) is 5.01 Å². The van der Waals surface area contributed by atoms with Crippen LogP contribution < -0.4 is 24.3 Å². The van der Waals surface area contributed by atoms with Crippen LogP contribution in [0.1, 0.15) is 206 Å². The highest BCUT2D eigenvalue weighted by Crippen LogP contribution is 2.82. The van der Waals surface area contributed by atoms with E-state index in [1.54, 1.807) is 27.4 Å². The van der Waals surface area contributed by atoms with Crippen molar-refractivity contribution >= 4 is 0 Å². The summed E-state index contributed by atoms with van der Waals surface area (Å²) in [6.45, 7) is 37.2. The van der Waals surface area contributed by atoms with Crippen molar-refractivity contribution < 1.29 is 58.7 Å². The number of nitrogens with zero attached hydrogens (tertiary/aromatic N) is 3. The number of hydrogen-bond donors (Lipinski definition) is 6. The summed E-state index contributed by atoms with van der Waals surface area (Å²) >= 11 is 0. The van der Waals surface area contributed by atoms with Crippen LogP contribution in [0.25, 0.3) is 4.95 Å². The zero-order valence-electron chi connectivity index (χ0n) is 61.0. The average molecular weight is 1330 g/mol. The monoisotopic (exact) mass is 1330 g/mol. The lowest BCUT2D eigenvalue weighted by Crippen LogP contribution is -2.83. The van der Waals surface area contributed by atoms with Crippen LogP contribution in [0.2, 0.25) is 0 Å². The molecule has 13 aliphatic carbocycles.